The van der Waals surface area contributed by atoms with Gasteiger partial charge < -0.3 is 9.47 Å². The Balaban J connectivity index is 1.87. The molecular weight excluding hydrogens is 382 g/mol. The molecule has 30 heavy (non-hydrogen) atoms. The summed E-state index contributed by atoms with van der Waals surface area (Å²) < 4.78 is 11.7. The van der Waals surface area contributed by atoms with E-state index in [0.717, 1.165) is 17.7 Å². The van der Waals surface area contributed by atoms with E-state index in [1.54, 1.807) is 13.1 Å². The van der Waals surface area contributed by atoms with Gasteiger partial charge in [0.2, 0.25) is 0 Å². The SMILES string of the molecule is CCCCCCCCCOc1ccc(/C=N/Nc2nc(=O)[nH]nc2C)cc1OCC. The first-order valence-electron chi connectivity index (χ1n) is 10.8. The van der Waals surface area contributed by atoms with Crippen LogP contribution in [0.25, 0.3) is 0 Å². The van der Waals surface area contributed by atoms with E-state index in [-0.39, 0.29) is 0 Å². The number of anilines is 1. The van der Waals surface area contributed by atoms with Gasteiger partial charge in [0.05, 0.1) is 19.4 Å². The third kappa shape index (κ3) is 8.23. The van der Waals surface area contributed by atoms with Crippen molar-refractivity contribution in [3.8, 4) is 11.5 Å². The number of aromatic nitrogens is 3. The highest BCUT2D eigenvalue weighted by Crippen LogP contribution is 2.28. The Morgan fingerprint density at radius 1 is 1.07 bits per heavy atom. The zero-order valence-electron chi connectivity index (χ0n) is 18.2. The number of rotatable bonds is 14. The van der Waals surface area contributed by atoms with Gasteiger partial charge in [-0.05, 0) is 44.0 Å². The molecule has 0 amide bonds. The molecule has 0 bridgehead atoms. The Morgan fingerprint density at radius 2 is 1.83 bits per heavy atom. The van der Waals surface area contributed by atoms with E-state index in [1.807, 2.05) is 25.1 Å². The number of hydrogen-bond donors (Lipinski definition) is 2. The minimum atomic E-state index is -0.528. The van der Waals surface area contributed by atoms with E-state index >= 15 is 0 Å². The van der Waals surface area contributed by atoms with Crippen LogP contribution in [0.5, 0.6) is 11.5 Å². The zero-order chi connectivity index (χ0) is 21.6. The van der Waals surface area contributed by atoms with Crippen LogP contribution in [-0.2, 0) is 0 Å². The van der Waals surface area contributed by atoms with Gasteiger partial charge in [-0.1, -0.05) is 45.4 Å². The number of nitrogens with one attached hydrogen (secondary N) is 2. The topological polar surface area (TPSA) is 101 Å². The fourth-order valence-corrected chi connectivity index (χ4v) is 2.90. The number of nitrogens with zero attached hydrogens (tertiary/aromatic N) is 3. The number of H-pyrrole nitrogens is 1. The average molecular weight is 416 g/mol. The predicted octanol–water partition coefficient (Wildman–Crippen LogP) is 4.45. The molecule has 0 aliphatic heterocycles. The van der Waals surface area contributed by atoms with Gasteiger partial charge in [0, 0.05) is 0 Å². The van der Waals surface area contributed by atoms with E-state index in [4.69, 9.17) is 9.47 Å². The molecule has 164 valence electrons. The predicted molar refractivity (Wildman–Crippen MR) is 120 cm³/mol. The molecule has 0 saturated carbocycles. The highest BCUT2D eigenvalue weighted by molar-refractivity contribution is 5.81. The Bertz CT molecular complexity index is 851. The zero-order valence-corrected chi connectivity index (χ0v) is 18.2. The number of hydrogen-bond acceptors (Lipinski definition) is 7. The van der Waals surface area contributed by atoms with Crippen LogP contribution in [0.15, 0.2) is 28.1 Å². The molecule has 0 unspecified atom stereocenters. The van der Waals surface area contributed by atoms with Gasteiger partial charge in [-0.15, -0.1) is 0 Å². The summed E-state index contributed by atoms with van der Waals surface area (Å²) in [5, 5.41) is 10.2. The van der Waals surface area contributed by atoms with Crippen LogP contribution in [0.1, 0.15) is 70.1 Å². The van der Waals surface area contributed by atoms with Crippen LogP contribution in [0.4, 0.5) is 5.82 Å². The maximum Gasteiger partial charge on any atom is 0.363 e. The number of hydrazone groups is 1. The van der Waals surface area contributed by atoms with Crippen molar-refractivity contribution >= 4 is 12.0 Å². The molecule has 0 spiro atoms. The van der Waals surface area contributed by atoms with E-state index in [9.17, 15) is 4.79 Å². The third-order valence-electron chi connectivity index (χ3n) is 4.53. The second-order valence-electron chi connectivity index (χ2n) is 7.05. The second-order valence-corrected chi connectivity index (χ2v) is 7.05. The molecular formula is C22H33N5O3. The van der Waals surface area contributed by atoms with Gasteiger partial charge in [0.1, 0.15) is 5.69 Å². The normalized spacial score (nSPS) is 11.0. The summed E-state index contributed by atoms with van der Waals surface area (Å²) in [4.78, 5) is 15.1. The van der Waals surface area contributed by atoms with Crippen molar-refractivity contribution in [1.82, 2.24) is 15.2 Å². The van der Waals surface area contributed by atoms with Crippen molar-refractivity contribution in [2.24, 2.45) is 5.10 Å². The molecule has 8 heteroatoms. The van der Waals surface area contributed by atoms with Crippen LogP contribution < -0.4 is 20.6 Å². The number of unbranched alkanes of at least 4 members (excludes halogenated alkanes) is 6. The average Bonchev–Trinajstić information content (AvgIpc) is 2.74. The van der Waals surface area contributed by atoms with Crippen molar-refractivity contribution in [3.05, 3.63) is 39.9 Å². The highest BCUT2D eigenvalue weighted by Gasteiger charge is 2.06. The lowest BCUT2D eigenvalue weighted by Gasteiger charge is -2.12. The highest BCUT2D eigenvalue weighted by atomic mass is 16.5. The van der Waals surface area contributed by atoms with Crippen LogP contribution in [-0.4, -0.2) is 34.6 Å². The molecule has 0 atom stereocenters. The van der Waals surface area contributed by atoms with Gasteiger partial charge in [-0.3, -0.25) is 5.43 Å². The molecule has 2 rings (SSSR count). The van der Waals surface area contributed by atoms with Crippen molar-refractivity contribution in [1.29, 1.82) is 0 Å². The first-order chi connectivity index (χ1) is 14.6. The van der Waals surface area contributed by atoms with Crippen LogP contribution >= 0.6 is 0 Å². The minimum Gasteiger partial charge on any atom is -0.490 e. The molecule has 0 fully saturated rings. The molecule has 1 heterocycles. The Hall–Kier alpha value is -2.90. The standard InChI is InChI=1S/C22H33N5O3/c1-4-6-7-8-9-10-11-14-30-19-13-12-18(15-20(19)29-5-2)16-23-26-21-17(3)25-27-22(28)24-21/h12-13,15-16H,4-11,14H2,1-3H3,(H2,24,26,27,28)/b23-16+. The Kier molecular flexibility index (Phi) is 10.4. The molecule has 0 radical (unpaired) electrons. The van der Waals surface area contributed by atoms with E-state index in [1.165, 1.54) is 38.5 Å². The molecule has 1 aromatic heterocycles. The second kappa shape index (κ2) is 13.3. The van der Waals surface area contributed by atoms with Gasteiger partial charge in [0.15, 0.2) is 17.3 Å². The summed E-state index contributed by atoms with van der Waals surface area (Å²) in [5.74, 6) is 1.75. The number of aromatic amines is 1. The summed E-state index contributed by atoms with van der Waals surface area (Å²) in [6.45, 7) is 7.14. The quantitative estimate of drug-likeness (QED) is 0.269. The largest absolute Gasteiger partial charge is 0.490 e. The number of ether oxygens (including phenoxy) is 2. The summed E-state index contributed by atoms with van der Waals surface area (Å²) in [5.41, 5.74) is 3.60. The van der Waals surface area contributed by atoms with Gasteiger partial charge in [-0.2, -0.15) is 15.2 Å². The summed E-state index contributed by atoms with van der Waals surface area (Å²) in [7, 11) is 0. The first-order valence-corrected chi connectivity index (χ1v) is 10.8. The summed E-state index contributed by atoms with van der Waals surface area (Å²) in [6, 6.07) is 5.68. The molecule has 8 nitrogen and oxygen atoms in total. The number of aryl methyl sites for hydroxylation is 1. The van der Waals surface area contributed by atoms with Crippen LogP contribution in [0.2, 0.25) is 0 Å². The van der Waals surface area contributed by atoms with Crippen molar-refractivity contribution in [2.45, 2.75) is 65.7 Å². The monoisotopic (exact) mass is 415 g/mol. The lowest BCUT2D eigenvalue weighted by atomic mass is 10.1. The fourth-order valence-electron chi connectivity index (χ4n) is 2.90. The molecule has 0 saturated heterocycles. The molecule has 0 aliphatic carbocycles. The number of benzene rings is 1. The lowest BCUT2D eigenvalue weighted by molar-refractivity contribution is 0.270. The van der Waals surface area contributed by atoms with Gasteiger partial charge in [0.25, 0.3) is 0 Å². The molecule has 0 aliphatic rings. The van der Waals surface area contributed by atoms with Crippen LogP contribution in [0, 0.1) is 6.92 Å². The van der Waals surface area contributed by atoms with Gasteiger partial charge >= 0.3 is 5.69 Å². The van der Waals surface area contributed by atoms with Gasteiger partial charge in [-0.25, -0.2) is 9.89 Å². The maximum absolute atomic E-state index is 11.3. The van der Waals surface area contributed by atoms with E-state index in [0.29, 0.717) is 30.5 Å². The minimum absolute atomic E-state index is 0.315. The molecule has 2 N–H and O–H groups in total. The summed E-state index contributed by atoms with van der Waals surface area (Å²) >= 11 is 0. The van der Waals surface area contributed by atoms with E-state index < -0.39 is 5.69 Å². The fraction of sp³-hybridized carbons (Fsp3) is 0.545. The third-order valence-corrected chi connectivity index (χ3v) is 4.53. The van der Waals surface area contributed by atoms with Crippen molar-refractivity contribution < 1.29 is 9.47 Å². The maximum atomic E-state index is 11.3. The first kappa shape index (κ1) is 23.4. The van der Waals surface area contributed by atoms with E-state index in [2.05, 4.69) is 32.6 Å². The van der Waals surface area contributed by atoms with Crippen molar-refractivity contribution in [3.63, 3.8) is 0 Å². The lowest BCUT2D eigenvalue weighted by Crippen LogP contribution is -2.15. The summed E-state index contributed by atoms with van der Waals surface area (Å²) in [6.07, 6.45) is 10.4. The van der Waals surface area contributed by atoms with Crippen LogP contribution in [0.3, 0.4) is 0 Å². The smallest absolute Gasteiger partial charge is 0.363 e. The Morgan fingerprint density at radius 3 is 2.60 bits per heavy atom. The molecule has 2 aromatic rings. The molecule has 1 aromatic carbocycles. The van der Waals surface area contributed by atoms with Crippen molar-refractivity contribution in [2.75, 3.05) is 18.6 Å². The Labute approximate surface area is 178 Å².